The molecule has 2 aromatic rings. The molecule has 1 aliphatic rings. The van der Waals surface area contributed by atoms with Crippen LogP contribution in [0.4, 0.5) is 5.69 Å². The van der Waals surface area contributed by atoms with Crippen LogP contribution < -0.4 is 14.8 Å². The Kier molecular flexibility index (Phi) is 5.53. The summed E-state index contributed by atoms with van der Waals surface area (Å²) >= 11 is 0. The van der Waals surface area contributed by atoms with Gasteiger partial charge in [0.25, 0.3) is 5.91 Å². The highest BCUT2D eigenvalue weighted by atomic mass is 16.6. The Bertz CT molecular complexity index is 827. The van der Waals surface area contributed by atoms with E-state index in [2.05, 4.69) is 5.32 Å². The van der Waals surface area contributed by atoms with Crippen molar-refractivity contribution < 1.29 is 23.8 Å². The molecule has 0 saturated heterocycles. The van der Waals surface area contributed by atoms with Gasteiger partial charge in [-0.15, -0.1) is 0 Å². The third-order valence-electron chi connectivity index (χ3n) is 3.66. The number of nitrogens with one attached hydrogen (secondary N) is 1. The third-order valence-corrected chi connectivity index (χ3v) is 3.66. The van der Waals surface area contributed by atoms with Crippen LogP contribution >= 0.6 is 0 Å². The van der Waals surface area contributed by atoms with Gasteiger partial charge in [-0.3, -0.25) is 4.79 Å². The predicted molar refractivity (Wildman–Crippen MR) is 97.2 cm³/mol. The number of rotatable bonds is 5. The van der Waals surface area contributed by atoms with Crippen LogP contribution in [0.2, 0.25) is 0 Å². The first-order valence-corrected chi connectivity index (χ1v) is 8.21. The van der Waals surface area contributed by atoms with E-state index in [0.717, 1.165) is 11.1 Å². The minimum Gasteiger partial charge on any atom is -0.486 e. The van der Waals surface area contributed by atoms with Gasteiger partial charge in [-0.05, 0) is 30.7 Å². The average molecular weight is 353 g/mol. The Labute approximate surface area is 151 Å². The first-order valence-electron chi connectivity index (χ1n) is 8.21. The van der Waals surface area contributed by atoms with Gasteiger partial charge >= 0.3 is 5.97 Å². The second kappa shape index (κ2) is 8.20. The molecule has 0 aromatic heterocycles. The number of fused-ring (bicyclic) bond motifs is 1. The molecule has 1 heterocycles. The molecule has 6 heteroatoms. The third kappa shape index (κ3) is 4.86. The van der Waals surface area contributed by atoms with Gasteiger partial charge in [0.2, 0.25) is 0 Å². The number of esters is 1. The molecule has 0 aliphatic carbocycles. The van der Waals surface area contributed by atoms with Crippen molar-refractivity contribution in [1.82, 2.24) is 0 Å². The summed E-state index contributed by atoms with van der Waals surface area (Å²) in [5.41, 5.74) is 2.57. The molecule has 3 rings (SSSR count). The van der Waals surface area contributed by atoms with E-state index >= 15 is 0 Å². The lowest BCUT2D eigenvalue weighted by atomic mass is 10.1. The molecule has 1 amide bonds. The highest BCUT2D eigenvalue weighted by Crippen LogP contribution is 2.32. The molecule has 0 radical (unpaired) electrons. The molecule has 0 spiro atoms. The van der Waals surface area contributed by atoms with E-state index in [9.17, 15) is 9.59 Å². The van der Waals surface area contributed by atoms with Gasteiger partial charge in [0, 0.05) is 17.8 Å². The zero-order chi connectivity index (χ0) is 18.4. The molecule has 0 bridgehead atoms. The normalized spacial score (nSPS) is 12.7. The Morgan fingerprint density at radius 2 is 1.81 bits per heavy atom. The molecule has 0 saturated carbocycles. The average Bonchev–Trinajstić information content (AvgIpc) is 2.66. The quantitative estimate of drug-likeness (QED) is 0.661. The maximum Gasteiger partial charge on any atom is 0.331 e. The van der Waals surface area contributed by atoms with Crippen molar-refractivity contribution in [2.75, 3.05) is 25.1 Å². The Hall–Kier alpha value is -3.28. The SMILES string of the molecule is Cc1ccc(/C=C/C(=O)OCC(=O)Nc2ccc3c(c2)OCCO3)cc1. The first-order chi connectivity index (χ1) is 12.6. The molecule has 1 N–H and O–H groups in total. The highest BCUT2D eigenvalue weighted by Gasteiger charge is 2.13. The highest BCUT2D eigenvalue weighted by molar-refractivity contribution is 5.94. The van der Waals surface area contributed by atoms with Gasteiger partial charge < -0.3 is 19.5 Å². The number of aryl methyl sites for hydroxylation is 1. The standard InChI is InChI=1S/C20H19NO5/c1-14-2-4-15(5-3-14)6-9-20(23)26-13-19(22)21-16-7-8-17-18(12-16)25-11-10-24-17/h2-9,12H,10-11,13H2,1H3,(H,21,22)/b9-6+. The van der Waals surface area contributed by atoms with Crippen molar-refractivity contribution in [3.8, 4) is 11.5 Å². The number of hydrogen-bond donors (Lipinski definition) is 1. The second-order valence-electron chi connectivity index (χ2n) is 5.76. The van der Waals surface area contributed by atoms with E-state index in [1.54, 1.807) is 24.3 Å². The summed E-state index contributed by atoms with van der Waals surface area (Å²) in [5.74, 6) is 0.204. The Morgan fingerprint density at radius 3 is 2.58 bits per heavy atom. The number of anilines is 1. The van der Waals surface area contributed by atoms with E-state index in [1.807, 2.05) is 31.2 Å². The fourth-order valence-electron chi connectivity index (χ4n) is 2.34. The van der Waals surface area contributed by atoms with Gasteiger partial charge in [-0.2, -0.15) is 0 Å². The molecule has 6 nitrogen and oxygen atoms in total. The van der Waals surface area contributed by atoms with Crippen LogP contribution in [0.15, 0.2) is 48.5 Å². The van der Waals surface area contributed by atoms with Gasteiger partial charge in [-0.1, -0.05) is 29.8 Å². The number of benzene rings is 2. The first kappa shape index (κ1) is 17.5. The van der Waals surface area contributed by atoms with Crippen molar-refractivity contribution >= 4 is 23.6 Å². The number of carbonyl (C=O) groups is 2. The van der Waals surface area contributed by atoms with Crippen molar-refractivity contribution in [3.63, 3.8) is 0 Å². The van der Waals surface area contributed by atoms with E-state index in [1.165, 1.54) is 6.08 Å². The van der Waals surface area contributed by atoms with Crippen LogP contribution in [-0.2, 0) is 14.3 Å². The molecular weight excluding hydrogens is 334 g/mol. The van der Waals surface area contributed by atoms with E-state index in [0.29, 0.717) is 30.4 Å². The lowest BCUT2D eigenvalue weighted by Gasteiger charge is -2.18. The van der Waals surface area contributed by atoms with Gasteiger partial charge in [0.1, 0.15) is 13.2 Å². The predicted octanol–water partition coefficient (Wildman–Crippen LogP) is 2.96. The zero-order valence-electron chi connectivity index (χ0n) is 14.4. The lowest BCUT2D eigenvalue weighted by Crippen LogP contribution is -2.20. The van der Waals surface area contributed by atoms with Crippen LogP contribution in [0.3, 0.4) is 0 Å². The van der Waals surface area contributed by atoms with E-state index < -0.39 is 11.9 Å². The maximum absolute atomic E-state index is 11.9. The van der Waals surface area contributed by atoms with E-state index in [4.69, 9.17) is 14.2 Å². The number of amides is 1. The van der Waals surface area contributed by atoms with Crippen molar-refractivity contribution in [2.24, 2.45) is 0 Å². The molecule has 2 aromatic carbocycles. The van der Waals surface area contributed by atoms with Crippen LogP contribution in [0.25, 0.3) is 6.08 Å². The molecule has 0 fully saturated rings. The zero-order valence-corrected chi connectivity index (χ0v) is 14.4. The monoisotopic (exact) mass is 353 g/mol. The minimum atomic E-state index is -0.581. The Morgan fingerprint density at radius 1 is 1.08 bits per heavy atom. The van der Waals surface area contributed by atoms with Crippen molar-refractivity contribution in [2.45, 2.75) is 6.92 Å². The number of hydrogen-bond acceptors (Lipinski definition) is 5. The second-order valence-corrected chi connectivity index (χ2v) is 5.76. The van der Waals surface area contributed by atoms with Crippen LogP contribution in [0.1, 0.15) is 11.1 Å². The fourth-order valence-corrected chi connectivity index (χ4v) is 2.34. The summed E-state index contributed by atoms with van der Waals surface area (Å²) in [5, 5.41) is 2.65. The number of carbonyl (C=O) groups excluding carboxylic acids is 2. The molecule has 26 heavy (non-hydrogen) atoms. The van der Waals surface area contributed by atoms with Crippen molar-refractivity contribution in [3.05, 3.63) is 59.7 Å². The largest absolute Gasteiger partial charge is 0.486 e. The summed E-state index contributed by atoms with van der Waals surface area (Å²) in [6, 6.07) is 12.8. The Balaban J connectivity index is 1.47. The molecule has 0 unspecified atom stereocenters. The maximum atomic E-state index is 11.9. The van der Waals surface area contributed by atoms with Crippen molar-refractivity contribution in [1.29, 1.82) is 0 Å². The lowest BCUT2D eigenvalue weighted by molar-refractivity contribution is -0.142. The van der Waals surface area contributed by atoms with Gasteiger partial charge in [0.05, 0.1) is 0 Å². The van der Waals surface area contributed by atoms with Crippen LogP contribution in [0, 0.1) is 6.92 Å². The minimum absolute atomic E-state index is 0.370. The number of ether oxygens (including phenoxy) is 3. The molecule has 1 aliphatic heterocycles. The van der Waals surface area contributed by atoms with Gasteiger partial charge in [-0.25, -0.2) is 4.79 Å². The summed E-state index contributed by atoms with van der Waals surface area (Å²) in [4.78, 5) is 23.6. The smallest absolute Gasteiger partial charge is 0.331 e. The molecule has 0 atom stereocenters. The molecule has 134 valence electrons. The summed E-state index contributed by atoms with van der Waals surface area (Å²) < 4.78 is 15.8. The summed E-state index contributed by atoms with van der Waals surface area (Å²) in [7, 11) is 0. The van der Waals surface area contributed by atoms with E-state index in [-0.39, 0.29) is 6.61 Å². The molecular formula is C20H19NO5. The summed E-state index contributed by atoms with van der Waals surface area (Å²) in [6.45, 7) is 2.59. The van der Waals surface area contributed by atoms with Gasteiger partial charge in [0.15, 0.2) is 18.1 Å². The fraction of sp³-hybridized carbons (Fsp3) is 0.200. The summed E-state index contributed by atoms with van der Waals surface area (Å²) in [6.07, 6.45) is 2.93. The van der Waals surface area contributed by atoms with Crippen LogP contribution in [-0.4, -0.2) is 31.7 Å². The topological polar surface area (TPSA) is 73.9 Å². The van der Waals surface area contributed by atoms with Crippen LogP contribution in [0.5, 0.6) is 11.5 Å².